The van der Waals surface area contributed by atoms with Crippen molar-refractivity contribution in [3.8, 4) is 0 Å². The maximum Gasteiger partial charge on any atom is 0.137 e. The highest BCUT2D eigenvalue weighted by Gasteiger charge is 2.35. The second kappa shape index (κ2) is 4.04. The summed E-state index contributed by atoms with van der Waals surface area (Å²) in [7, 11) is 1.84. The van der Waals surface area contributed by atoms with E-state index in [1.807, 2.05) is 7.11 Å². The molecule has 2 unspecified atom stereocenters. The maximum atomic E-state index is 5.27. The van der Waals surface area contributed by atoms with E-state index < -0.39 is 0 Å². The number of ether oxygens (including phenoxy) is 1. The van der Waals surface area contributed by atoms with Gasteiger partial charge in [-0.3, -0.25) is 0 Å². The Morgan fingerprint density at radius 2 is 1.77 bits per heavy atom. The van der Waals surface area contributed by atoms with Crippen LogP contribution in [0.25, 0.3) is 0 Å². The van der Waals surface area contributed by atoms with E-state index in [2.05, 4.69) is 6.82 Å². The SMILES string of the molecule is COCC1CC2CB(C)CC(C1)C2. The topological polar surface area (TPSA) is 9.23 Å². The van der Waals surface area contributed by atoms with E-state index in [-0.39, 0.29) is 0 Å². The van der Waals surface area contributed by atoms with Gasteiger partial charge in [0.05, 0.1) is 0 Å². The molecule has 2 aliphatic rings. The molecule has 1 heterocycles. The van der Waals surface area contributed by atoms with E-state index in [0.29, 0.717) is 0 Å². The lowest BCUT2D eigenvalue weighted by Gasteiger charge is -2.40. The van der Waals surface area contributed by atoms with E-state index in [1.165, 1.54) is 31.9 Å². The van der Waals surface area contributed by atoms with Crippen molar-refractivity contribution in [1.29, 1.82) is 0 Å². The minimum absolute atomic E-state index is 0.876. The summed E-state index contributed by atoms with van der Waals surface area (Å²) >= 11 is 0. The Kier molecular flexibility index (Phi) is 2.97. The van der Waals surface area contributed by atoms with Crippen molar-refractivity contribution in [1.82, 2.24) is 0 Å². The predicted octanol–water partition coefficient (Wildman–Crippen LogP) is 2.80. The van der Waals surface area contributed by atoms with E-state index in [1.54, 1.807) is 0 Å². The summed E-state index contributed by atoms with van der Waals surface area (Å²) in [4.78, 5) is 0. The molecule has 13 heavy (non-hydrogen) atoms. The van der Waals surface area contributed by atoms with Crippen molar-refractivity contribution >= 4 is 6.71 Å². The maximum absolute atomic E-state index is 5.27. The van der Waals surface area contributed by atoms with Crippen LogP contribution in [0.5, 0.6) is 0 Å². The lowest BCUT2D eigenvalue weighted by atomic mass is 9.37. The molecule has 0 spiro atoms. The first-order valence-corrected chi connectivity index (χ1v) is 5.77. The molecule has 2 fully saturated rings. The van der Waals surface area contributed by atoms with Gasteiger partial charge in [0, 0.05) is 13.7 Å². The van der Waals surface area contributed by atoms with Crippen LogP contribution in [0.4, 0.5) is 0 Å². The van der Waals surface area contributed by atoms with E-state index >= 15 is 0 Å². The minimum Gasteiger partial charge on any atom is -0.384 e. The Hall–Kier alpha value is 0.0249. The molecule has 2 atom stereocenters. The zero-order valence-electron chi connectivity index (χ0n) is 8.96. The quantitative estimate of drug-likeness (QED) is 0.593. The molecule has 1 aliphatic carbocycles. The Balaban J connectivity index is 1.90. The molecule has 74 valence electrons. The molecule has 2 bridgehead atoms. The smallest absolute Gasteiger partial charge is 0.137 e. The lowest BCUT2D eigenvalue weighted by Crippen LogP contribution is -2.34. The first kappa shape index (κ1) is 9.58. The molecule has 0 amide bonds. The molecule has 2 rings (SSSR count). The van der Waals surface area contributed by atoms with E-state index in [0.717, 1.165) is 31.1 Å². The molecule has 1 aliphatic heterocycles. The number of hydrogen-bond acceptors (Lipinski definition) is 1. The van der Waals surface area contributed by atoms with E-state index in [4.69, 9.17) is 4.74 Å². The van der Waals surface area contributed by atoms with Gasteiger partial charge < -0.3 is 4.74 Å². The first-order valence-electron chi connectivity index (χ1n) is 5.77. The summed E-state index contributed by atoms with van der Waals surface area (Å²) in [6, 6.07) is 0. The van der Waals surface area contributed by atoms with Crippen LogP contribution in [-0.4, -0.2) is 20.4 Å². The third-order valence-corrected chi connectivity index (χ3v) is 3.87. The summed E-state index contributed by atoms with van der Waals surface area (Å²) < 4.78 is 5.27. The van der Waals surface area contributed by atoms with Crippen LogP contribution >= 0.6 is 0 Å². The van der Waals surface area contributed by atoms with Crippen LogP contribution in [0.2, 0.25) is 19.5 Å². The summed E-state index contributed by atoms with van der Waals surface area (Å²) in [6.07, 6.45) is 7.36. The van der Waals surface area contributed by atoms with Crippen LogP contribution in [0.15, 0.2) is 0 Å². The minimum atomic E-state index is 0.876. The summed E-state index contributed by atoms with van der Waals surface area (Å²) in [5.74, 6) is 2.94. The fourth-order valence-corrected chi connectivity index (χ4v) is 3.69. The van der Waals surface area contributed by atoms with Crippen molar-refractivity contribution in [3.05, 3.63) is 0 Å². The van der Waals surface area contributed by atoms with Gasteiger partial charge in [-0.25, -0.2) is 0 Å². The molecule has 1 saturated carbocycles. The third kappa shape index (κ3) is 2.28. The fraction of sp³-hybridized carbons (Fsp3) is 1.00. The zero-order chi connectivity index (χ0) is 9.26. The summed E-state index contributed by atoms with van der Waals surface area (Å²) in [5.41, 5.74) is 0. The second-order valence-electron chi connectivity index (χ2n) is 5.34. The molecule has 1 nitrogen and oxygen atoms in total. The fourth-order valence-electron chi connectivity index (χ4n) is 3.69. The van der Waals surface area contributed by atoms with Crippen LogP contribution < -0.4 is 0 Å². The normalized spacial score (nSPS) is 39.2. The molecular weight excluding hydrogens is 159 g/mol. The number of hydrogen-bond donors (Lipinski definition) is 0. The summed E-state index contributed by atoms with van der Waals surface area (Å²) in [5, 5.41) is 0. The van der Waals surface area contributed by atoms with Gasteiger partial charge in [-0.15, -0.1) is 0 Å². The average Bonchev–Trinajstić information content (AvgIpc) is 2.01. The van der Waals surface area contributed by atoms with Gasteiger partial charge in [-0.1, -0.05) is 19.5 Å². The predicted molar refractivity (Wildman–Crippen MR) is 57.4 cm³/mol. The molecule has 0 aromatic carbocycles. The number of fused-ring (bicyclic) bond motifs is 2. The highest BCUT2D eigenvalue weighted by atomic mass is 16.5. The van der Waals surface area contributed by atoms with Crippen LogP contribution in [0, 0.1) is 17.8 Å². The highest BCUT2D eigenvalue weighted by Crippen LogP contribution is 2.43. The second-order valence-corrected chi connectivity index (χ2v) is 5.34. The Labute approximate surface area is 82.3 Å². The van der Waals surface area contributed by atoms with E-state index in [9.17, 15) is 0 Å². The highest BCUT2D eigenvalue weighted by molar-refractivity contribution is 6.57. The van der Waals surface area contributed by atoms with Crippen molar-refractivity contribution in [3.63, 3.8) is 0 Å². The molecule has 0 aromatic rings. The van der Waals surface area contributed by atoms with Crippen molar-refractivity contribution in [2.75, 3.05) is 13.7 Å². The van der Waals surface area contributed by atoms with Crippen molar-refractivity contribution in [2.45, 2.75) is 38.7 Å². The standard InChI is InChI=1S/C11H21BO/c1-12-6-9-3-10(7-12)5-11(4-9)8-13-2/h9-11H,3-8H2,1-2H3. The third-order valence-electron chi connectivity index (χ3n) is 3.87. The molecule has 0 aromatic heterocycles. The Bertz CT molecular complexity index is 153. The summed E-state index contributed by atoms with van der Waals surface area (Å²) in [6.45, 7) is 4.42. The molecule has 0 N–H and O–H groups in total. The largest absolute Gasteiger partial charge is 0.384 e. The van der Waals surface area contributed by atoms with Gasteiger partial charge in [0.15, 0.2) is 0 Å². The lowest BCUT2D eigenvalue weighted by molar-refractivity contribution is 0.0956. The monoisotopic (exact) mass is 180 g/mol. The van der Waals surface area contributed by atoms with Crippen LogP contribution in [0.1, 0.15) is 19.3 Å². The van der Waals surface area contributed by atoms with Gasteiger partial charge in [0.25, 0.3) is 0 Å². The average molecular weight is 180 g/mol. The van der Waals surface area contributed by atoms with Gasteiger partial charge >= 0.3 is 0 Å². The molecule has 1 saturated heterocycles. The van der Waals surface area contributed by atoms with Gasteiger partial charge in [0.1, 0.15) is 6.71 Å². The molecule has 2 heteroatoms. The molecular formula is C11H21BO. The number of rotatable bonds is 2. The Morgan fingerprint density at radius 1 is 1.15 bits per heavy atom. The Morgan fingerprint density at radius 3 is 2.31 bits per heavy atom. The number of methoxy groups -OCH3 is 1. The van der Waals surface area contributed by atoms with Gasteiger partial charge in [0.2, 0.25) is 0 Å². The van der Waals surface area contributed by atoms with Crippen LogP contribution in [-0.2, 0) is 4.74 Å². The zero-order valence-corrected chi connectivity index (χ0v) is 8.96. The van der Waals surface area contributed by atoms with Crippen LogP contribution in [0.3, 0.4) is 0 Å². The van der Waals surface area contributed by atoms with Gasteiger partial charge in [-0.2, -0.15) is 0 Å². The molecule has 0 radical (unpaired) electrons. The first-order chi connectivity index (χ1) is 6.28. The van der Waals surface area contributed by atoms with Crippen molar-refractivity contribution < 1.29 is 4.74 Å². The van der Waals surface area contributed by atoms with Gasteiger partial charge in [-0.05, 0) is 37.0 Å². The van der Waals surface area contributed by atoms with Crippen molar-refractivity contribution in [2.24, 2.45) is 17.8 Å².